The Morgan fingerprint density at radius 2 is 1.16 bits per heavy atom. The summed E-state index contributed by atoms with van der Waals surface area (Å²) in [5.41, 5.74) is 15.0. The molecule has 8 aromatic carbocycles. The number of para-hydroxylation sites is 1. The van der Waals surface area contributed by atoms with E-state index in [2.05, 4.69) is 193 Å². The summed E-state index contributed by atoms with van der Waals surface area (Å²) >= 11 is 0. The Labute approximate surface area is 296 Å². The average molecular weight is 651 g/mol. The number of hydrogen-bond donors (Lipinski definition) is 0. The van der Waals surface area contributed by atoms with Gasteiger partial charge in [-0.3, -0.25) is 0 Å². The summed E-state index contributed by atoms with van der Waals surface area (Å²) in [5.74, 6) is 0. The van der Waals surface area contributed by atoms with E-state index in [0.717, 1.165) is 11.4 Å². The number of anilines is 3. The smallest absolute Gasteiger partial charge is 0.0626 e. The van der Waals surface area contributed by atoms with Crippen molar-refractivity contribution in [3.63, 3.8) is 0 Å². The van der Waals surface area contributed by atoms with E-state index in [-0.39, 0.29) is 5.41 Å². The van der Waals surface area contributed by atoms with Gasteiger partial charge in [0, 0.05) is 43.9 Å². The van der Waals surface area contributed by atoms with Gasteiger partial charge in [-0.15, -0.1) is 0 Å². The molecule has 0 radical (unpaired) electrons. The summed E-state index contributed by atoms with van der Waals surface area (Å²) in [4.78, 5) is 2.48. The van der Waals surface area contributed by atoms with Crippen LogP contribution in [-0.2, 0) is 5.41 Å². The number of aromatic nitrogens is 1. The highest BCUT2D eigenvalue weighted by Gasteiger charge is 2.37. The van der Waals surface area contributed by atoms with Crippen LogP contribution in [0.3, 0.4) is 0 Å². The lowest BCUT2D eigenvalue weighted by molar-refractivity contribution is 0.660. The van der Waals surface area contributed by atoms with E-state index >= 15 is 0 Å². The lowest BCUT2D eigenvalue weighted by Gasteiger charge is -2.29. The van der Waals surface area contributed by atoms with Gasteiger partial charge in [-0.25, -0.2) is 0 Å². The SMILES string of the molecule is CC1(C)c2ccccc2-c2c(N(c3ccc(-c4ccccc4)cc3)c3ccc4c(c3)c3ccc5cccc6c7ccccc7n4c3c56)cccc21. The minimum absolute atomic E-state index is 0.0937. The van der Waals surface area contributed by atoms with Crippen molar-refractivity contribution in [2.24, 2.45) is 0 Å². The van der Waals surface area contributed by atoms with Gasteiger partial charge in [0.15, 0.2) is 0 Å². The molecule has 0 bridgehead atoms. The Bertz CT molecular complexity index is 2970. The van der Waals surface area contributed by atoms with Crippen molar-refractivity contribution in [2.75, 3.05) is 4.90 Å². The Kier molecular flexibility index (Phi) is 5.76. The van der Waals surface area contributed by atoms with Gasteiger partial charge in [-0.2, -0.15) is 0 Å². The first-order valence-corrected chi connectivity index (χ1v) is 17.9. The zero-order valence-electron chi connectivity index (χ0n) is 28.6. The molecule has 2 heteroatoms. The summed E-state index contributed by atoms with van der Waals surface area (Å²) in [7, 11) is 0. The molecule has 2 aromatic heterocycles. The van der Waals surface area contributed by atoms with E-state index in [4.69, 9.17) is 0 Å². The van der Waals surface area contributed by atoms with Crippen LogP contribution < -0.4 is 4.90 Å². The Morgan fingerprint density at radius 1 is 0.471 bits per heavy atom. The van der Waals surface area contributed by atoms with Crippen LogP contribution in [0.4, 0.5) is 17.1 Å². The maximum Gasteiger partial charge on any atom is 0.0626 e. The highest BCUT2D eigenvalue weighted by molar-refractivity contribution is 6.28. The van der Waals surface area contributed by atoms with Crippen LogP contribution >= 0.6 is 0 Å². The van der Waals surface area contributed by atoms with E-state index in [1.54, 1.807) is 0 Å². The highest BCUT2D eigenvalue weighted by atomic mass is 15.1. The molecule has 0 saturated heterocycles. The lowest BCUT2D eigenvalue weighted by atomic mass is 9.82. The molecule has 0 amide bonds. The van der Waals surface area contributed by atoms with E-state index < -0.39 is 0 Å². The van der Waals surface area contributed by atoms with Gasteiger partial charge in [0.2, 0.25) is 0 Å². The first kappa shape index (κ1) is 28.5. The predicted octanol–water partition coefficient (Wildman–Crippen LogP) is 13.4. The van der Waals surface area contributed by atoms with Gasteiger partial charge in [0.1, 0.15) is 0 Å². The van der Waals surface area contributed by atoms with Crippen molar-refractivity contribution in [3.05, 3.63) is 181 Å². The Morgan fingerprint density at radius 3 is 2.04 bits per heavy atom. The number of fused-ring (bicyclic) bond motifs is 9. The molecule has 10 aromatic rings. The van der Waals surface area contributed by atoms with E-state index in [1.165, 1.54) is 87.9 Å². The average Bonchev–Trinajstić information content (AvgIpc) is 3.64. The van der Waals surface area contributed by atoms with Crippen molar-refractivity contribution in [3.8, 4) is 22.3 Å². The number of nitrogens with zero attached hydrogens (tertiary/aromatic N) is 2. The summed E-state index contributed by atoms with van der Waals surface area (Å²) in [6.07, 6.45) is 0. The quantitative estimate of drug-likeness (QED) is 0.136. The molecule has 11 rings (SSSR count). The molecule has 1 aliphatic carbocycles. The molecular weight excluding hydrogens is 617 g/mol. The number of hydrogen-bond acceptors (Lipinski definition) is 1. The second-order valence-corrected chi connectivity index (χ2v) is 14.5. The summed E-state index contributed by atoms with van der Waals surface area (Å²) in [6.45, 7) is 4.72. The van der Waals surface area contributed by atoms with Crippen LogP contribution in [0, 0.1) is 0 Å². The topological polar surface area (TPSA) is 7.65 Å². The Hall–Kier alpha value is -6.38. The van der Waals surface area contributed by atoms with Gasteiger partial charge >= 0.3 is 0 Å². The van der Waals surface area contributed by atoms with E-state index in [1.807, 2.05) is 0 Å². The van der Waals surface area contributed by atoms with Crippen LogP contribution in [-0.4, -0.2) is 4.40 Å². The fourth-order valence-electron chi connectivity index (χ4n) is 9.16. The molecule has 0 fully saturated rings. The molecule has 0 spiro atoms. The molecule has 1 aliphatic rings. The van der Waals surface area contributed by atoms with E-state index in [9.17, 15) is 0 Å². The molecule has 0 N–H and O–H groups in total. The molecule has 240 valence electrons. The van der Waals surface area contributed by atoms with Gasteiger partial charge in [-0.1, -0.05) is 141 Å². The van der Waals surface area contributed by atoms with Crippen molar-refractivity contribution in [1.82, 2.24) is 4.40 Å². The molecular formula is C49H34N2. The minimum atomic E-state index is -0.0937. The third kappa shape index (κ3) is 3.88. The monoisotopic (exact) mass is 650 g/mol. The third-order valence-electron chi connectivity index (χ3n) is 11.5. The summed E-state index contributed by atoms with van der Waals surface area (Å²) in [6, 6.07) is 62.8. The molecule has 2 heterocycles. The van der Waals surface area contributed by atoms with E-state index in [0.29, 0.717) is 0 Å². The number of rotatable bonds is 4. The molecule has 2 nitrogen and oxygen atoms in total. The van der Waals surface area contributed by atoms with Gasteiger partial charge in [0.05, 0.1) is 22.2 Å². The van der Waals surface area contributed by atoms with Crippen LogP contribution in [0.15, 0.2) is 170 Å². The summed E-state index contributed by atoms with van der Waals surface area (Å²) < 4.78 is 2.50. The summed E-state index contributed by atoms with van der Waals surface area (Å²) in [5, 5.41) is 7.75. The second kappa shape index (κ2) is 10.3. The van der Waals surface area contributed by atoms with Crippen LogP contribution in [0.5, 0.6) is 0 Å². The first-order chi connectivity index (χ1) is 25.1. The van der Waals surface area contributed by atoms with Crippen molar-refractivity contribution < 1.29 is 0 Å². The Balaban J connectivity index is 1.21. The maximum absolute atomic E-state index is 2.50. The lowest BCUT2D eigenvalue weighted by Crippen LogP contribution is -2.16. The number of benzene rings is 8. The largest absolute Gasteiger partial charge is 0.310 e. The van der Waals surface area contributed by atoms with Crippen LogP contribution in [0.1, 0.15) is 25.0 Å². The maximum atomic E-state index is 2.50. The molecule has 0 aliphatic heterocycles. The second-order valence-electron chi connectivity index (χ2n) is 14.5. The minimum Gasteiger partial charge on any atom is -0.310 e. The van der Waals surface area contributed by atoms with Crippen molar-refractivity contribution in [2.45, 2.75) is 19.3 Å². The normalized spacial score (nSPS) is 13.5. The first-order valence-electron chi connectivity index (χ1n) is 17.9. The number of pyridine rings is 1. The zero-order chi connectivity index (χ0) is 33.8. The highest BCUT2D eigenvalue weighted by Crippen LogP contribution is 2.54. The fraction of sp³-hybridized carbons (Fsp3) is 0.0612. The van der Waals surface area contributed by atoms with Crippen molar-refractivity contribution >= 4 is 65.9 Å². The van der Waals surface area contributed by atoms with Gasteiger partial charge in [0.25, 0.3) is 0 Å². The zero-order valence-corrected chi connectivity index (χ0v) is 28.6. The third-order valence-corrected chi connectivity index (χ3v) is 11.5. The van der Waals surface area contributed by atoms with Crippen LogP contribution in [0.2, 0.25) is 0 Å². The van der Waals surface area contributed by atoms with Gasteiger partial charge < -0.3 is 9.30 Å². The standard InChI is InChI=1S/C49H34N2/c1-49(2)41-18-8-6-16-39(41)47-42(49)19-11-21-45(47)50(34-25-22-32(23-26-34)31-12-4-3-5-13-31)35-27-29-44-40(30-35)38-28-24-33-14-10-17-37-36-15-7-9-20-43(36)51(44)48(38)46(33)37/h3-30H,1-2H3. The van der Waals surface area contributed by atoms with Crippen molar-refractivity contribution in [1.29, 1.82) is 0 Å². The molecule has 51 heavy (non-hydrogen) atoms. The molecule has 0 unspecified atom stereocenters. The fourth-order valence-corrected chi connectivity index (χ4v) is 9.16. The van der Waals surface area contributed by atoms with Gasteiger partial charge in [-0.05, 0) is 81.1 Å². The van der Waals surface area contributed by atoms with Crippen LogP contribution in [0.25, 0.3) is 71.1 Å². The molecule has 0 saturated carbocycles. The molecule has 0 atom stereocenters. The predicted molar refractivity (Wildman–Crippen MR) is 216 cm³/mol.